The molecule has 0 aliphatic carbocycles. The molecule has 2 aliphatic rings. The average Bonchev–Trinajstić information content (AvgIpc) is 3.29. The van der Waals surface area contributed by atoms with E-state index in [1.54, 1.807) is 6.20 Å². The van der Waals surface area contributed by atoms with E-state index in [2.05, 4.69) is 20.3 Å². The van der Waals surface area contributed by atoms with E-state index in [1.807, 2.05) is 23.7 Å². The first kappa shape index (κ1) is 22.1. The molecule has 9 nitrogen and oxygen atoms in total. The van der Waals surface area contributed by atoms with Crippen molar-refractivity contribution in [3.05, 3.63) is 39.8 Å². The molecule has 0 saturated carbocycles. The number of aryl methyl sites for hydroxylation is 1. The normalized spacial score (nSPS) is 18.2. The third-order valence-corrected chi connectivity index (χ3v) is 6.73. The number of nitrogens with one attached hydrogen (secondary N) is 2. The van der Waals surface area contributed by atoms with E-state index in [-0.39, 0.29) is 17.5 Å². The second-order valence-electron chi connectivity index (χ2n) is 8.93. The van der Waals surface area contributed by atoms with E-state index in [9.17, 15) is 9.59 Å². The maximum atomic E-state index is 13.0. The van der Waals surface area contributed by atoms with Crippen molar-refractivity contribution >= 4 is 27.7 Å². The summed E-state index contributed by atoms with van der Waals surface area (Å²) in [5.41, 5.74) is 2.82. The first-order chi connectivity index (χ1) is 16.1. The Hall–Kier alpha value is -2.75. The van der Waals surface area contributed by atoms with Gasteiger partial charge in [0.1, 0.15) is 0 Å². The maximum absolute atomic E-state index is 13.0. The number of aromatic amines is 1. The number of carbonyl (C=O) groups is 1. The minimum atomic E-state index is -0.157. The third-order valence-electron chi connectivity index (χ3n) is 6.73. The van der Waals surface area contributed by atoms with E-state index >= 15 is 0 Å². The van der Waals surface area contributed by atoms with Gasteiger partial charge in [0, 0.05) is 43.8 Å². The van der Waals surface area contributed by atoms with Crippen molar-refractivity contribution in [2.75, 3.05) is 52.6 Å². The number of morpholine rings is 1. The summed E-state index contributed by atoms with van der Waals surface area (Å²) in [5.74, 6) is -0.0899. The lowest BCUT2D eigenvalue weighted by atomic mass is 10.0. The summed E-state index contributed by atoms with van der Waals surface area (Å²) in [5, 5.41) is 9.02. The zero-order valence-corrected chi connectivity index (χ0v) is 19.1. The van der Waals surface area contributed by atoms with Crippen LogP contribution in [0.15, 0.2) is 23.1 Å². The van der Waals surface area contributed by atoms with Gasteiger partial charge in [0.05, 0.1) is 41.9 Å². The van der Waals surface area contributed by atoms with Crippen LogP contribution in [0, 0.1) is 6.92 Å². The van der Waals surface area contributed by atoms with Gasteiger partial charge in [-0.15, -0.1) is 0 Å². The molecule has 0 bridgehead atoms. The van der Waals surface area contributed by atoms with Crippen LogP contribution in [0.2, 0.25) is 0 Å². The molecule has 3 aromatic rings. The molecule has 2 aromatic heterocycles. The fourth-order valence-electron chi connectivity index (χ4n) is 4.87. The van der Waals surface area contributed by atoms with Crippen LogP contribution in [0.5, 0.6) is 0 Å². The highest BCUT2D eigenvalue weighted by Gasteiger charge is 2.22. The van der Waals surface area contributed by atoms with Gasteiger partial charge < -0.3 is 19.8 Å². The Morgan fingerprint density at radius 2 is 1.91 bits per heavy atom. The Morgan fingerprint density at radius 1 is 1.15 bits per heavy atom. The highest BCUT2D eigenvalue weighted by molar-refractivity contribution is 6.07. The predicted molar refractivity (Wildman–Crippen MR) is 126 cm³/mol. The summed E-state index contributed by atoms with van der Waals surface area (Å²) >= 11 is 0. The Kier molecular flexibility index (Phi) is 6.43. The number of fused-ring (bicyclic) bond motifs is 3. The van der Waals surface area contributed by atoms with Crippen LogP contribution in [0.1, 0.15) is 41.2 Å². The van der Waals surface area contributed by atoms with Crippen molar-refractivity contribution in [2.24, 2.45) is 0 Å². The van der Waals surface area contributed by atoms with Crippen LogP contribution in [0.4, 0.5) is 0 Å². The van der Waals surface area contributed by atoms with Gasteiger partial charge in [0.2, 0.25) is 0 Å². The summed E-state index contributed by atoms with van der Waals surface area (Å²) in [7, 11) is 0. The van der Waals surface area contributed by atoms with E-state index < -0.39 is 0 Å². The van der Waals surface area contributed by atoms with Crippen molar-refractivity contribution in [3.8, 4) is 0 Å². The van der Waals surface area contributed by atoms with Crippen molar-refractivity contribution < 1.29 is 14.3 Å². The molecule has 2 N–H and O–H groups in total. The quantitative estimate of drug-likeness (QED) is 0.554. The third kappa shape index (κ3) is 4.53. The van der Waals surface area contributed by atoms with Crippen molar-refractivity contribution in [2.45, 2.75) is 32.2 Å². The molecule has 0 spiro atoms. The molecule has 4 heterocycles. The van der Waals surface area contributed by atoms with Crippen molar-refractivity contribution in [1.29, 1.82) is 0 Å². The average molecular weight is 454 g/mol. The SMILES string of the molecule is Cc1cc2[nH]c(=O)c3cnn(C4CCOCC4)c3c2cc1C(=O)NCCCN1CCOCC1. The lowest BCUT2D eigenvalue weighted by molar-refractivity contribution is 0.0374. The zero-order valence-electron chi connectivity index (χ0n) is 19.1. The number of amides is 1. The minimum Gasteiger partial charge on any atom is -0.381 e. The van der Waals surface area contributed by atoms with Crippen molar-refractivity contribution in [1.82, 2.24) is 25.0 Å². The molecule has 2 fully saturated rings. The molecule has 1 aromatic carbocycles. The summed E-state index contributed by atoms with van der Waals surface area (Å²) in [4.78, 5) is 31.1. The fraction of sp³-hybridized carbons (Fsp3) is 0.542. The first-order valence-electron chi connectivity index (χ1n) is 11.8. The topological polar surface area (TPSA) is 101 Å². The lowest BCUT2D eigenvalue weighted by Crippen LogP contribution is -2.38. The monoisotopic (exact) mass is 453 g/mol. The number of hydrogen-bond acceptors (Lipinski definition) is 6. The summed E-state index contributed by atoms with van der Waals surface area (Å²) < 4.78 is 12.8. The maximum Gasteiger partial charge on any atom is 0.259 e. The number of aromatic nitrogens is 3. The molecule has 5 rings (SSSR count). The molecular weight excluding hydrogens is 422 g/mol. The predicted octanol–water partition coefficient (Wildman–Crippen LogP) is 1.99. The van der Waals surface area contributed by atoms with E-state index in [4.69, 9.17) is 9.47 Å². The molecule has 0 radical (unpaired) electrons. The number of H-pyrrole nitrogens is 1. The van der Waals surface area contributed by atoms with Crippen LogP contribution in [0.3, 0.4) is 0 Å². The first-order valence-corrected chi connectivity index (χ1v) is 11.8. The Balaban J connectivity index is 1.40. The minimum absolute atomic E-state index is 0.0899. The van der Waals surface area contributed by atoms with Crippen LogP contribution in [-0.2, 0) is 9.47 Å². The summed E-state index contributed by atoms with van der Waals surface area (Å²) in [6.07, 6.45) is 4.24. The summed E-state index contributed by atoms with van der Waals surface area (Å²) in [6.45, 7) is 8.31. The number of nitrogens with zero attached hydrogens (tertiary/aromatic N) is 3. The number of rotatable bonds is 6. The van der Waals surface area contributed by atoms with Gasteiger partial charge in [-0.2, -0.15) is 5.10 Å². The van der Waals surface area contributed by atoms with Gasteiger partial charge in [-0.3, -0.25) is 19.2 Å². The largest absolute Gasteiger partial charge is 0.381 e. The molecule has 2 saturated heterocycles. The Bertz CT molecular complexity index is 1200. The number of ether oxygens (including phenoxy) is 2. The van der Waals surface area contributed by atoms with Gasteiger partial charge in [0.15, 0.2) is 0 Å². The fourth-order valence-corrected chi connectivity index (χ4v) is 4.87. The molecule has 2 aliphatic heterocycles. The number of pyridine rings is 1. The van der Waals surface area contributed by atoms with Crippen molar-refractivity contribution in [3.63, 3.8) is 0 Å². The second-order valence-corrected chi connectivity index (χ2v) is 8.93. The van der Waals surface area contributed by atoms with Crippen LogP contribution in [0.25, 0.3) is 21.8 Å². The smallest absolute Gasteiger partial charge is 0.259 e. The van der Waals surface area contributed by atoms with Gasteiger partial charge in [-0.05, 0) is 50.4 Å². The molecular formula is C24H31N5O4. The molecule has 176 valence electrons. The molecule has 0 atom stereocenters. The Labute approximate surface area is 192 Å². The van der Waals surface area contributed by atoms with Gasteiger partial charge >= 0.3 is 0 Å². The van der Waals surface area contributed by atoms with E-state index in [1.165, 1.54) is 0 Å². The van der Waals surface area contributed by atoms with Gasteiger partial charge in [-0.1, -0.05) is 0 Å². The van der Waals surface area contributed by atoms with Crippen LogP contribution in [-0.4, -0.2) is 78.2 Å². The van der Waals surface area contributed by atoms with Crippen LogP contribution >= 0.6 is 0 Å². The highest BCUT2D eigenvalue weighted by atomic mass is 16.5. The van der Waals surface area contributed by atoms with E-state index in [0.717, 1.165) is 74.1 Å². The molecule has 0 unspecified atom stereocenters. The second kappa shape index (κ2) is 9.62. The standard InChI is InChI=1S/C24H31N5O4/c1-16-13-21-19(14-18(16)23(30)25-5-2-6-28-7-11-33-12-8-28)22-20(24(31)27-21)15-26-29(22)17-3-9-32-10-4-17/h13-15,17H,2-12H2,1H3,(H,25,30)(H,27,31). The number of hydrogen-bond donors (Lipinski definition) is 2. The highest BCUT2D eigenvalue weighted by Crippen LogP contribution is 2.29. The number of benzene rings is 1. The van der Waals surface area contributed by atoms with E-state index in [0.29, 0.717) is 30.7 Å². The molecule has 9 heteroatoms. The Morgan fingerprint density at radius 3 is 2.70 bits per heavy atom. The molecule has 33 heavy (non-hydrogen) atoms. The van der Waals surface area contributed by atoms with Gasteiger partial charge in [0.25, 0.3) is 11.5 Å². The van der Waals surface area contributed by atoms with Crippen LogP contribution < -0.4 is 10.9 Å². The number of carbonyl (C=O) groups excluding carboxylic acids is 1. The van der Waals surface area contributed by atoms with Gasteiger partial charge in [-0.25, -0.2) is 0 Å². The zero-order chi connectivity index (χ0) is 22.8. The summed E-state index contributed by atoms with van der Waals surface area (Å²) in [6, 6.07) is 3.97. The molecule has 1 amide bonds. The lowest BCUT2D eigenvalue weighted by Gasteiger charge is -2.26.